The monoisotopic (exact) mass is 282 g/mol. The lowest BCUT2D eigenvalue weighted by Gasteiger charge is -2.12. The number of rotatable bonds is 2. The van der Waals surface area contributed by atoms with Gasteiger partial charge >= 0.3 is 6.03 Å². The lowest BCUT2D eigenvalue weighted by Crippen LogP contribution is -2.21. The van der Waals surface area contributed by atoms with Gasteiger partial charge in [0.1, 0.15) is 16.3 Å². The molecular formula is C11H10N2O5S. The van der Waals surface area contributed by atoms with E-state index < -0.39 is 32.5 Å². The Labute approximate surface area is 108 Å². The van der Waals surface area contributed by atoms with Crippen molar-refractivity contribution in [3.63, 3.8) is 0 Å². The second kappa shape index (κ2) is 4.41. The molecule has 0 saturated heterocycles. The third-order valence-electron chi connectivity index (χ3n) is 2.51. The Morgan fingerprint density at radius 1 is 1.26 bits per heavy atom. The first-order valence-electron chi connectivity index (χ1n) is 5.09. The van der Waals surface area contributed by atoms with Gasteiger partial charge in [0.15, 0.2) is 0 Å². The number of benzene rings is 2. The third kappa shape index (κ3) is 2.44. The highest BCUT2D eigenvalue weighted by atomic mass is 32.2. The van der Waals surface area contributed by atoms with E-state index >= 15 is 0 Å². The first kappa shape index (κ1) is 13.1. The Morgan fingerprint density at radius 3 is 2.47 bits per heavy atom. The number of carbonyl (C=O) groups is 1. The fourth-order valence-corrected chi connectivity index (χ4v) is 2.43. The highest BCUT2D eigenvalue weighted by Crippen LogP contribution is 2.38. The van der Waals surface area contributed by atoms with E-state index in [2.05, 4.69) is 0 Å². The fraction of sp³-hybridized carbons (Fsp3) is 0. The van der Waals surface area contributed by atoms with Crippen LogP contribution in [0, 0.1) is 0 Å². The third-order valence-corrected chi connectivity index (χ3v) is 3.39. The van der Waals surface area contributed by atoms with Gasteiger partial charge in [0.05, 0.1) is 0 Å². The van der Waals surface area contributed by atoms with Gasteiger partial charge in [-0.1, -0.05) is 24.3 Å². The van der Waals surface area contributed by atoms with Crippen LogP contribution in [0.15, 0.2) is 35.2 Å². The molecule has 100 valence electrons. The smallest absolute Gasteiger partial charge is 0.316 e. The van der Waals surface area contributed by atoms with Gasteiger partial charge < -0.3 is 16.2 Å². The van der Waals surface area contributed by atoms with Gasteiger partial charge in [0.2, 0.25) is 0 Å². The summed E-state index contributed by atoms with van der Waals surface area (Å²) in [5, 5.41) is 12.7. The van der Waals surface area contributed by atoms with Gasteiger partial charge in [0, 0.05) is 5.39 Å². The minimum absolute atomic E-state index is 0.318. The van der Waals surface area contributed by atoms with E-state index in [-0.39, 0.29) is 0 Å². The van der Waals surface area contributed by atoms with Crippen molar-refractivity contribution in [2.45, 2.75) is 4.90 Å². The summed E-state index contributed by atoms with van der Waals surface area (Å²) < 4.78 is 31.7. The molecule has 2 aromatic carbocycles. The zero-order valence-electron chi connectivity index (χ0n) is 9.49. The molecule has 5 N–H and O–H groups in total. The molecule has 2 aromatic rings. The van der Waals surface area contributed by atoms with Gasteiger partial charge in [-0.25, -0.2) is 4.79 Å². The first-order valence-corrected chi connectivity index (χ1v) is 6.53. The molecular weight excluding hydrogens is 272 g/mol. The average molecular weight is 282 g/mol. The molecule has 2 rings (SSSR count). The van der Waals surface area contributed by atoms with Gasteiger partial charge in [-0.15, -0.1) is 0 Å². The molecule has 0 spiro atoms. The van der Waals surface area contributed by atoms with Crippen molar-refractivity contribution >= 4 is 32.6 Å². The molecule has 19 heavy (non-hydrogen) atoms. The van der Waals surface area contributed by atoms with E-state index in [0.717, 1.165) is 6.07 Å². The number of fused-ring (bicyclic) bond motifs is 1. The molecule has 0 heterocycles. The normalized spacial score (nSPS) is 11.4. The van der Waals surface area contributed by atoms with Crippen molar-refractivity contribution in [3.05, 3.63) is 30.3 Å². The maximum Gasteiger partial charge on any atom is 0.316 e. The summed E-state index contributed by atoms with van der Waals surface area (Å²) in [6.07, 6.45) is 0. The molecule has 0 bridgehead atoms. The minimum atomic E-state index is -4.62. The number of phenolic OH excluding ortho intramolecular Hbond substituents is 1. The van der Waals surface area contributed by atoms with Gasteiger partial charge in [-0.2, -0.15) is 8.42 Å². The van der Waals surface area contributed by atoms with Gasteiger partial charge in [-0.3, -0.25) is 4.55 Å². The Morgan fingerprint density at radius 2 is 1.89 bits per heavy atom. The zero-order chi connectivity index (χ0) is 14.2. The topological polar surface area (TPSA) is 130 Å². The number of hydrogen-bond donors (Lipinski definition) is 4. The number of hydrogen-bond acceptors (Lipinski definition) is 4. The van der Waals surface area contributed by atoms with Crippen LogP contribution < -0.4 is 11.1 Å². The summed E-state index contributed by atoms with van der Waals surface area (Å²) in [6.45, 7) is 0. The molecule has 0 aromatic heterocycles. The standard InChI is InChI=1S/C11H10N2O5S/c12-11(15)13-9-8(19(16,17)18)5-6-3-1-2-4-7(6)10(9)14/h1-5,14H,(H3,12,13,15)(H,16,17,18). The van der Waals surface area contributed by atoms with Crippen molar-refractivity contribution in [2.24, 2.45) is 5.73 Å². The lowest BCUT2D eigenvalue weighted by atomic mass is 10.1. The van der Waals surface area contributed by atoms with Crippen LogP contribution in [0.1, 0.15) is 0 Å². The summed E-state index contributed by atoms with van der Waals surface area (Å²) in [5.74, 6) is -0.482. The Kier molecular flexibility index (Phi) is 3.05. The minimum Gasteiger partial charge on any atom is -0.505 e. The van der Waals surface area contributed by atoms with E-state index in [1.165, 1.54) is 6.07 Å². The van der Waals surface area contributed by atoms with Crippen molar-refractivity contribution in [1.29, 1.82) is 0 Å². The summed E-state index contributed by atoms with van der Waals surface area (Å²) in [5.41, 5.74) is 4.46. The molecule has 0 aliphatic heterocycles. The van der Waals surface area contributed by atoms with Crippen LogP contribution in [0.5, 0.6) is 5.75 Å². The number of nitrogens with two attached hydrogens (primary N) is 1. The number of nitrogens with one attached hydrogen (secondary N) is 1. The van der Waals surface area contributed by atoms with Crippen LogP contribution in [0.3, 0.4) is 0 Å². The van der Waals surface area contributed by atoms with E-state index in [0.29, 0.717) is 10.8 Å². The molecule has 0 aliphatic rings. The highest BCUT2D eigenvalue weighted by Gasteiger charge is 2.22. The molecule has 0 saturated carbocycles. The highest BCUT2D eigenvalue weighted by molar-refractivity contribution is 7.86. The average Bonchev–Trinajstić information content (AvgIpc) is 2.31. The van der Waals surface area contributed by atoms with Gasteiger partial charge in [0.25, 0.3) is 10.1 Å². The van der Waals surface area contributed by atoms with Crippen LogP contribution in [0.4, 0.5) is 10.5 Å². The molecule has 0 atom stereocenters. The second-order valence-corrected chi connectivity index (χ2v) is 5.17. The summed E-state index contributed by atoms with van der Waals surface area (Å²) in [7, 11) is -4.62. The Balaban J connectivity index is 2.88. The number of amides is 2. The van der Waals surface area contributed by atoms with E-state index in [1.807, 2.05) is 5.32 Å². The summed E-state index contributed by atoms with van der Waals surface area (Å²) in [4.78, 5) is 10.2. The molecule has 0 fully saturated rings. The molecule has 0 unspecified atom stereocenters. The predicted octanol–water partition coefficient (Wildman–Crippen LogP) is 1.28. The largest absolute Gasteiger partial charge is 0.505 e. The van der Waals surface area contributed by atoms with Crippen LogP contribution in [0.25, 0.3) is 10.8 Å². The van der Waals surface area contributed by atoms with E-state index in [4.69, 9.17) is 10.3 Å². The number of primary amides is 1. The molecule has 7 nitrogen and oxygen atoms in total. The van der Waals surface area contributed by atoms with Crippen molar-refractivity contribution in [3.8, 4) is 5.75 Å². The van der Waals surface area contributed by atoms with Crippen molar-refractivity contribution in [1.82, 2.24) is 0 Å². The summed E-state index contributed by atoms with van der Waals surface area (Å²) in [6, 6.07) is 6.42. The van der Waals surface area contributed by atoms with Crippen LogP contribution in [-0.4, -0.2) is 24.1 Å². The van der Waals surface area contributed by atoms with Crippen molar-refractivity contribution < 1.29 is 22.9 Å². The first-order chi connectivity index (χ1) is 8.80. The lowest BCUT2D eigenvalue weighted by molar-refractivity contribution is 0.259. The second-order valence-electron chi connectivity index (χ2n) is 3.78. The van der Waals surface area contributed by atoms with E-state index in [9.17, 15) is 18.3 Å². The number of phenols is 1. The number of anilines is 1. The summed E-state index contributed by atoms with van der Waals surface area (Å²) >= 11 is 0. The molecule has 2 amide bonds. The van der Waals surface area contributed by atoms with Gasteiger partial charge in [-0.05, 0) is 11.5 Å². The predicted molar refractivity (Wildman–Crippen MR) is 68.6 cm³/mol. The number of urea groups is 1. The Bertz CT molecular complexity index is 770. The van der Waals surface area contributed by atoms with Crippen LogP contribution in [-0.2, 0) is 10.1 Å². The SMILES string of the molecule is NC(=O)Nc1c(S(=O)(=O)O)cc2ccccc2c1O. The maximum absolute atomic E-state index is 11.3. The van der Waals surface area contributed by atoms with Crippen LogP contribution >= 0.6 is 0 Å². The van der Waals surface area contributed by atoms with Crippen LogP contribution in [0.2, 0.25) is 0 Å². The maximum atomic E-state index is 11.3. The number of carbonyl (C=O) groups excluding carboxylic acids is 1. The molecule has 0 aliphatic carbocycles. The Hall–Kier alpha value is -2.32. The van der Waals surface area contributed by atoms with Crippen molar-refractivity contribution in [2.75, 3.05) is 5.32 Å². The molecule has 8 heteroatoms. The molecule has 0 radical (unpaired) electrons. The fourth-order valence-electron chi connectivity index (χ4n) is 1.75. The quantitative estimate of drug-likeness (QED) is 0.487. The zero-order valence-corrected chi connectivity index (χ0v) is 10.3. The van der Waals surface area contributed by atoms with E-state index in [1.54, 1.807) is 18.2 Å². The number of aromatic hydroxyl groups is 1.